The number of fused-ring (bicyclic) bond motifs is 1. The Kier molecular flexibility index (Phi) is 4.68. The van der Waals surface area contributed by atoms with Crippen LogP contribution >= 0.6 is 11.6 Å². The van der Waals surface area contributed by atoms with Crippen LogP contribution in [0, 0.1) is 6.92 Å². The van der Waals surface area contributed by atoms with Crippen LogP contribution in [0.15, 0.2) is 24.3 Å². The molecule has 5 nitrogen and oxygen atoms in total. The fraction of sp³-hybridized carbons (Fsp3) is 0.412. The molecule has 0 fully saturated rings. The van der Waals surface area contributed by atoms with Crippen molar-refractivity contribution in [1.82, 2.24) is 15.1 Å². The molecule has 1 amide bonds. The van der Waals surface area contributed by atoms with Crippen LogP contribution in [-0.4, -0.2) is 28.8 Å². The summed E-state index contributed by atoms with van der Waals surface area (Å²) in [5, 5.41) is 8.09. The number of aryl methyl sites for hydroxylation is 3. The standard InChI is InChI=1S/C17H21ClN4O/c1-12-14(17(18)21(2)20-12)10-19-11-16(23)22-9-5-7-13-6-3-4-8-15(13)22/h3-4,6,8,19H,5,7,9-11H2,1-2H3. The van der Waals surface area contributed by atoms with Crippen molar-refractivity contribution in [2.45, 2.75) is 26.3 Å². The predicted molar refractivity (Wildman–Crippen MR) is 91.8 cm³/mol. The SMILES string of the molecule is Cc1nn(C)c(Cl)c1CNCC(=O)N1CCCc2ccccc21. The zero-order valence-electron chi connectivity index (χ0n) is 13.5. The normalized spacial score (nSPS) is 14.0. The number of rotatable bonds is 4. The van der Waals surface area contributed by atoms with Gasteiger partial charge in [-0.25, -0.2) is 0 Å². The first-order valence-corrected chi connectivity index (χ1v) is 8.22. The molecule has 23 heavy (non-hydrogen) atoms. The smallest absolute Gasteiger partial charge is 0.240 e. The van der Waals surface area contributed by atoms with E-state index in [0.717, 1.165) is 36.3 Å². The number of halogens is 1. The maximum Gasteiger partial charge on any atom is 0.240 e. The van der Waals surface area contributed by atoms with Crippen LogP contribution in [0.3, 0.4) is 0 Å². The number of benzene rings is 1. The molecule has 0 saturated heterocycles. The van der Waals surface area contributed by atoms with Gasteiger partial charge in [0, 0.05) is 31.4 Å². The molecule has 6 heteroatoms. The van der Waals surface area contributed by atoms with Gasteiger partial charge in [0.15, 0.2) is 0 Å². The lowest BCUT2D eigenvalue weighted by Crippen LogP contribution is -2.41. The molecule has 0 radical (unpaired) electrons. The minimum atomic E-state index is 0.0924. The summed E-state index contributed by atoms with van der Waals surface area (Å²) in [6.45, 7) is 3.54. The highest BCUT2D eigenvalue weighted by Gasteiger charge is 2.21. The topological polar surface area (TPSA) is 50.2 Å². The van der Waals surface area contributed by atoms with E-state index in [0.29, 0.717) is 18.2 Å². The summed E-state index contributed by atoms with van der Waals surface area (Å²) < 4.78 is 1.65. The molecule has 1 aromatic carbocycles. The van der Waals surface area contributed by atoms with E-state index in [4.69, 9.17) is 11.6 Å². The molecular weight excluding hydrogens is 312 g/mol. The van der Waals surface area contributed by atoms with Gasteiger partial charge < -0.3 is 10.2 Å². The maximum atomic E-state index is 12.5. The molecule has 0 saturated carbocycles. The van der Waals surface area contributed by atoms with Crippen LogP contribution in [0.4, 0.5) is 5.69 Å². The Morgan fingerprint density at radius 2 is 2.17 bits per heavy atom. The number of carbonyl (C=O) groups is 1. The fourth-order valence-electron chi connectivity index (χ4n) is 3.06. The summed E-state index contributed by atoms with van der Waals surface area (Å²) in [6.07, 6.45) is 2.05. The van der Waals surface area contributed by atoms with Crippen LogP contribution in [0.1, 0.15) is 23.2 Å². The summed E-state index contributed by atoms with van der Waals surface area (Å²) in [6, 6.07) is 8.13. The summed E-state index contributed by atoms with van der Waals surface area (Å²) >= 11 is 6.21. The third kappa shape index (κ3) is 3.26. The molecule has 0 atom stereocenters. The van der Waals surface area contributed by atoms with Crippen molar-refractivity contribution in [2.24, 2.45) is 7.05 Å². The number of anilines is 1. The van der Waals surface area contributed by atoms with Gasteiger partial charge in [0.2, 0.25) is 5.91 Å². The average Bonchev–Trinajstić information content (AvgIpc) is 2.80. The van der Waals surface area contributed by atoms with E-state index in [1.54, 1.807) is 4.68 Å². The van der Waals surface area contributed by atoms with Gasteiger partial charge in [-0.2, -0.15) is 5.10 Å². The van der Waals surface area contributed by atoms with E-state index >= 15 is 0 Å². The zero-order chi connectivity index (χ0) is 16.4. The van der Waals surface area contributed by atoms with Crippen molar-refractivity contribution >= 4 is 23.2 Å². The first kappa shape index (κ1) is 16.0. The molecule has 3 rings (SSSR count). The number of aromatic nitrogens is 2. The number of hydrogen-bond donors (Lipinski definition) is 1. The first-order chi connectivity index (χ1) is 11.1. The Morgan fingerprint density at radius 1 is 1.39 bits per heavy atom. The Balaban J connectivity index is 1.62. The fourth-order valence-corrected chi connectivity index (χ4v) is 3.30. The number of amides is 1. The van der Waals surface area contributed by atoms with Crippen LogP contribution in [0.25, 0.3) is 0 Å². The predicted octanol–water partition coefficient (Wildman–Crippen LogP) is 2.45. The number of nitrogens with zero attached hydrogens (tertiary/aromatic N) is 3. The van der Waals surface area contributed by atoms with Gasteiger partial charge in [0.05, 0.1) is 12.2 Å². The van der Waals surface area contributed by atoms with E-state index in [9.17, 15) is 4.79 Å². The van der Waals surface area contributed by atoms with Crippen LogP contribution in [-0.2, 0) is 24.8 Å². The number of hydrogen-bond acceptors (Lipinski definition) is 3. The summed E-state index contributed by atoms with van der Waals surface area (Å²) in [5.41, 5.74) is 4.13. The highest BCUT2D eigenvalue weighted by Crippen LogP contribution is 2.26. The molecule has 1 N–H and O–H groups in total. The molecule has 1 aliphatic rings. The van der Waals surface area contributed by atoms with Crippen LogP contribution in [0.5, 0.6) is 0 Å². The number of nitrogens with one attached hydrogen (secondary N) is 1. The van der Waals surface area contributed by atoms with Gasteiger partial charge in [-0.05, 0) is 31.4 Å². The van der Waals surface area contributed by atoms with Crippen molar-refractivity contribution in [2.75, 3.05) is 18.0 Å². The second-order valence-electron chi connectivity index (χ2n) is 5.86. The summed E-state index contributed by atoms with van der Waals surface area (Å²) in [4.78, 5) is 14.4. The first-order valence-electron chi connectivity index (χ1n) is 7.85. The summed E-state index contributed by atoms with van der Waals surface area (Å²) in [5.74, 6) is 0.0924. The molecular formula is C17H21ClN4O. The zero-order valence-corrected chi connectivity index (χ0v) is 14.2. The highest BCUT2D eigenvalue weighted by molar-refractivity contribution is 6.30. The van der Waals surface area contributed by atoms with Crippen molar-refractivity contribution in [3.63, 3.8) is 0 Å². The van der Waals surface area contributed by atoms with E-state index in [2.05, 4.69) is 16.5 Å². The molecule has 0 unspecified atom stereocenters. The van der Waals surface area contributed by atoms with Gasteiger partial charge in [-0.1, -0.05) is 29.8 Å². The molecule has 122 valence electrons. The minimum absolute atomic E-state index is 0.0924. The van der Waals surface area contributed by atoms with Gasteiger partial charge in [-0.15, -0.1) is 0 Å². The van der Waals surface area contributed by atoms with Crippen molar-refractivity contribution in [3.8, 4) is 0 Å². The Hall–Kier alpha value is -1.85. The van der Waals surface area contributed by atoms with Crippen LogP contribution < -0.4 is 10.2 Å². The van der Waals surface area contributed by atoms with E-state index in [1.807, 2.05) is 37.1 Å². The molecule has 0 spiro atoms. The van der Waals surface area contributed by atoms with Crippen molar-refractivity contribution in [3.05, 3.63) is 46.2 Å². The lowest BCUT2D eigenvalue weighted by atomic mass is 10.0. The average molecular weight is 333 g/mol. The van der Waals surface area contributed by atoms with Crippen LogP contribution in [0.2, 0.25) is 5.15 Å². The molecule has 1 aliphatic heterocycles. The van der Waals surface area contributed by atoms with Gasteiger partial charge in [-0.3, -0.25) is 9.48 Å². The second kappa shape index (κ2) is 6.72. The maximum absolute atomic E-state index is 12.5. The van der Waals surface area contributed by atoms with Gasteiger partial charge >= 0.3 is 0 Å². The Morgan fingerprint density at radius 3 is 2.91 bits per heavy atom. The Bertz CT molecular complexity index is 725. The third-order valence-electron chi connectivity index (χ3n) is 4.26. The van der Waals surface area contributed by atoms with Gasteiger partial charge in [0.1, 0.15) is 5.15 Å². The van der Waals surface area contributed by atoms with Crippen molar-refractivity contribution in [1.29, 1.82) is 0 Å². The lowest BCUT2D eigenvalue weighted by molar-refractivity contribution is -0.117. The second-order valence-corrected chi connectivity index (χ2v) is 6.22. The quantitative estimate of drug-likeness (QED) is 0.935. The van der Waals surface area contributed by atoms with Gasteiger partial charge in [0.25, 0.3) is 0 Å². The van der Waals surface area contributed by atoms with E-state index in [-0.39, 0.29) is 5.91 Å². The molecule has 2 heterocycles. The molecule has 0 bridgehead atoms. The third-order valence-corrected chi connectivity index (χ3v) is 4.73. The minimum Gasteiger partial charge on any atom is -0.311 e. The highest BCUT2D eigenvalue weighted by atomic mass is 35.5. The Labute approximate surface area is 141 Å². The van der Waals surface area contributed by atoms with E-state index < -0.39 is 0 Å². The monoisotopic (exact) mass is 332 g/mol. The largest absolute Gasteiger partial charge is 0.311 e. The molecule has 1 aromatic heterocycles. The molecule has 2 aromatic rings. The lowest BCUT2D eigenvalue weighted by Gasteiger charge is -2.29. The van der Waals surface area contributed by atoms with Crippen molar-refractivity contribution < 1.29 is 4.79 Å². The number of para-hydroxylation sites is 1. The van der Waals surface area contributed by atoms with E-state index in [1.165, 1.54) is 5.56 Å². The summed E-state index contributed by atoms with van der Waals surface area (Å²) in [7, 11) is 1.81. The molecule has 0 aliphatic carbocycles. The number of carbonyl (C=O) groups excluding carboxylic acids is 1.